The molecule has 2 rings (SSSR count). The maximum atomic E-state index is 11.5. The quantitative estimate of drug-likeness (QED) is 0.805. The van der Waals surface area contributed by atoms with Crippen LogP contribution < -0.4 is 0 Å². The summed E-state index contributed by atoms with van der Waals surface area (Å²) < 4.78 is 0. The summed E-state index contributed by atoms with van der Waals surface area (Å²) in [7, 11) is 0. The molecule has 1 aliphatic carbocycles. The van der Waals surface area contributed by atoms with E-state index < -0.39 is 5.97 Å². The van der Waals surface area contributed by atoms with E-state index >= 15 is 0 Å². The largest absolute Gasteiger partial charge is 0.480 e. The topological polar surface area (TPSA) is 40.5 Å². The number of hydrogen-bond donors (Lipinski definition) is 1. The van der Waals surface area contributed by atoms with E-state index in [2.05, 4.69) is 18.7 Å². The Hall–Kier alpha value is -0.570. The third kappa shape index (κ3) is 2.82. The van der Waals surface area contributed by atoms with Crippen LogP contribution in [0, 0.1) is 11.8 Å². The lowest BCUT2D eigenvalue weighted by Crippen LogP contribution is -2.54. The Morgan fingerprint density at radius 3 is 2.59 bits per heavy atom. The van der Waals surface area contributed by atoms with Crippen molar-refractivity contribution in [3.63, 3.8) is 0 Å². The summed E-state index contributed by atoms with van der Waals surface area (Å²) in [5.41, 5.74) is 0. The van der Waals surface area contributed by atoms with Crippen molar-refractivity contribution in [2.75, 3.05) is 6.54 Å². The number of carboxylic acids is 1. The van der Waals surface area contributed by atoms with Crippen LogP contribution in [0.25, 0.3) is 0 Å². The lowest BCUT2D eigenvalue weighted by Gasteiger charge is -2.44. The Kier molecular flexibility index (Phi) is 4.08. The number of aliphatic carboxylic acids is 1. The minimum Gasteiger partial charge on any atom is -0.480 e. The number of carboxylic acid groups (broad SMARTS) is 1. The average molecular weight is 239 g/mol. The Balaban J connectivity index is 2.08. The molecular formula is C14H25NO2. The lowest BCUT2D eigenvalue weighted by atomic mass is 9.82. The first-order valence-corrected chi connectivity index (χ1v) is 7.08. The van der Waals surface area contributed by atoms with E-state index in [1.807, 2.05) is 0 Å². The molecule has 4 unspecified atom stereocenters. The Bertz CT molecular complexity index is 279. The molecule has 4 atom stereocenters. The number of carbonyl (C=O) groups is 1. The summed E-state index contributed by atoms with van der Waals surface area (Å²) in [6, 6.07) is 0.279. The number of likely N-dealkylation sites (tertiary alicyclic amines) is 1. The van der Waals surface area contributed by atoms with Crippen molar-refractivity contribution < 1.29 is 9.90 Å². The third-order valence-corrected chi connectivity index (χ3v) is 4.60. The van der Waals surface area contributed by atoms with Gasteiger partial charge >= 0.3 is 5.97 Å². The van der Waals surface area contributed by atoms with Gasteiger partial charge < -0.3 is 5.11 Å². The summed E-state index contributed by atoms with van der Waals surface area (Å²) in [5, 5.41) is 9.43. The molecule has 0 bridgehead atoms. The predicted molar refractivity (Wildman–Crippen MR) is 67.9 cm³/mol. The van der Waals surface area contributed by atoms with Gasteiger partial charge in [0.25, 0.3) is 0 Å². The van der Waals surface area contributed by atoms with Crippen molar-refractivity contribution in [1.82, 2.24) is 4.90 Å². The van der Waals surface area contributed by atoms with E-state index in [1.165, 1.54) is 25.7 Å². The summed E-state index contributed by atoms with van der Waals surface area (Å²) in [4.78, 5) is 13.8. The van der Waals surface area contributed by atoms with Gasteiger partial charge in [-0.25, -0.2) is 0 Å². The second-order valence-electron chi connectivity index (χ2n) is 6.07. The van der Waals surface area contributed by atoms with Crippen molar-refractivity contribution in [2.24, 2.45) is 11.8 Å². The second kappa shape index (κ2) is 5.38. The molecule has 3 heteroatoms. The monoisotopic (exact) mass is 239 g/mol. The molecule has 1 saturated carbocycles. The molecule has 3 nitrogen and oxygen atoms in total. The van der Waals surface area contributed by atoms with Crippen molar-refractivity contribution in [1.29, 1.82) is 0 Å². The highest BCUT2D eigenvalue weighted by molar-refractivity contribution is 5.74. The van der Waals surface area contributed by atoms with Gasteiger partial charge in [-0.1, -0.05) is 26.7 Å². The Morgan fingerprint density at radius 1 is 1.18 bits per heavy atom. The van der Waals surface area contributed by atoms with E-state index in [0.717, 1.165) is 25.3 Å². The molecule has 1 heterocycles. The van der Waals surface area contributed by atoms with E-state index in [9.17, 15) is 9.90 Å². The fourth-order valence-electron chi connectivity index (χ4n) is 3.72. The van der Waals surface area contributed by atoms with E-state index in [4.69, 9.17) is 0 Å². The molecule has 0 aromatic heterocycles. The molecule has 17 heavy (non-hydrogen) atoms. The van der Waals surface area contributed by atoms with Crippen LogP contribution in [0.3, 0.4) is 0 Å². The standard InChI is InChI=1S/C14H25NO2/c1-10-5-3-7-12(9-10)15-8-4-6-11(2)13(15)14(16)17/h10-13H,3-9H2,1-2H3,(H,16,17). The van der Waals surface area contributed by atoms with Crippen LogP contribution in [0.1, 0.15) is 52.4 Å². The van der Waals surface area contributed by atoms with Gasteiger partial charge in [0.15, 0.2) is 0 Å². The smallest absolute Gasteiger partial charge is 0.321 e. The van der Waals surface area contributed by atoms with Gasteiger partial charge in [0, 0.05) is 6.04 Å². The zero-order valence-corrected chi connectivity index (χ0v) is 11.1. The van der Waals surface area contributed by atoms with Gasteiger partial charge in [0.1, 0.15) is 6.04 Å². The van der Waals surface area contributed by atoms with Gasteiger partial charge in [-0.05, 0) is 44.1 Å². The fourth-order valence-corrected chi connectivity index (χ4v) is 3.72. The fraction of sp³-hybridized carbons (Fsp3) is 0.929. The summed E-state index contributed by atoms with van der Waals surface area (Å²) in [5.74, 6) is 0.453. The molecule has 2 fully saturated rings. The predicted octanol–water partition coefficient (Wildman–Crippen LogP) is 2.75. The van der Waals surface area contributed by atoms with E-state index in [0.29, 0.717) is 12.0 Å². The lowest BCUT2D eigenvalue weighted by molar-refractivity contribution is -0.149. The minimum absolute atomic E-state index is 0.237. The van der Waals surface area contributed by atoms with Crippen molar-refractivity contribution in [3.8, 4) is 0 Å². The molecule has 0 amide bonds. The second-order valence-corrected chi connectivity index (χ2v) is 6.07. The van der Waals surface area contributed by atoms with Crippen molar-refractivity contribution in [3.05, 3.63) is 0 Å². The summed E-state index contributed by atoms with van der Waals surface area (Å²) in [6.45, 7) is 5.38. The summed E-state index contributed by atoms with van der Waals surface area (Å²) >= 11 is 0. The van der Waals surface area contributed by atoms with Gasteiger partial charge in [-0.3, -0.25) is 9.69 Å². The molecule has 1 aliphatic heterocycles. The first-order chi connectivity index (χ1) is 8.09. The number of nitrogens with zero attached hydrogens (tertiary/aromatic N) is 1. The first kappa shape index (κ1) is 12.9. The molecule has 1 N–H and O–H groups in total. The zero-order chi connectivity index (χ0) is 12.4. The molecule has 1 saturated heterocycles. The third-order valence-electron chi connectivity index (χ3n) is 4.60. The van der Waals surface area contributed by atoms with Crippen molar-refractivity contribution >= 4 is 5.97 Å². The molecule has 0 aromatic carbocycles. The highest BCUT2D eigenvalue weighted by Gasteiger charge is 2.38. The van der Waals surface area contributed by atoms with Crippen LogP contribution in [0.5, 0.6) is 0 Å². The van der Waals surface area contributed by atoms with Gasteiger partial charge in [-0.15, -0.1) is 0 Å². The number of hydrogen-bond acceptors (Lipinski definition) is 2. The van der Waals surface area contributed by atoms with Gasteiger partial charge in [0.2, 0.25) is 0 Å². The van der Waals surface area contributed by atoms with Crippen LogP contribution in [0.4, 0.5) is 0 Å². The van der Waals surface area contributed by atoms with Gasteiger partial charge in [0.05, 0.1) is 0 Å². The normalized spacial score (nSPS) is 40.1. The highest BCUT2D eigenvalue weighted by atomic mass is 16.4. The first-order valence-electron chi connectivity index (χ1n) is 7.08. The van der Waals surface area contributed by atoms with Crippen LogP contribution in [0.15, 0.2) is 0 Å². The zero-order valence-electron chi connectivity index (χ0n) is 11.1. The molecule has 98 valence electrons. The molecule has 0 aromatic rings. The average Bonchev–Trinajstić information content (AvgIpc) is 2.28. The van der Waals surface area contributed by atoms with Crippen LogP contribution in [-0.2, 0) is 4.79 Å². The SMILES string of the molecule is CC1CCCC(N2CCCC(C)C2C(=O)O)C1. The molecule has 2 aliphatic rings. The number of piperidine rings is 1. The highest BCUT2D eigenvalue weighted by Crippen LogP contribution is 2.33. The van der Waals surface area contributed by atoms with Gasteiger partial charge in [-0.2, -0.15) is 0 Å². The van der Waals surface area contributed by atoms with E-state index in [1.54, 1.807) is 0 Å². The van der Waals surface area contributed by atoms with Crippen LogP contribution in [0.2, 0.25) is 0 Å². The Morgan fingerprint density at radius 2 is 1.94 bits per heavy atom. The molecule has 0 spiro atoms. The Labute approximate surface area is 104 Å². The maximum Gasteiger partial charge on any atom is 0.321 e. The summed E-state index contributed by atoms with van der Waals surface area (Å²) in [6.07, 6.45) is 7.20. The maximum absolute atomic E-state index is 11.5. The van der Waals surface area contributed by atoms with E-state index in [-0.39, 0.29) is 6.04 Å². The molecular weight excluding hydrogens is 214 g/mol. The van der Waals surface area contributed by atoms with Crippen LogP contribution in [-0.4, -0.2) is 34.6 Å². The van der Waals surface area contributed by atoms with Crippen LogP contribution >= 0.6 is 0 Å². The molecule has 0 radical (unpaired) electrons. The minimum atomic E-state index is -0.615. The van der Waals surface area contributed by atoms with Crippen molar-refractivity contribution in [2.45, 2.75) is 64.5 Å². The number of rotatable bonds is 2.